The number of alkyl halides is 3. The number of carbonyl (C=O) groups is 2. The summed E-state index contributed by atoms with van der Waals surface area (Å²) in [6.45, 7) is 4.09. The second kappa shape index (κ2) is 11.8. The van der Waals surface area contributed by atoms with E-state index in [9.17, 15) is 31.2 Å². The molecular formula is C23H25ClF3N3O6S. The lowest BCUT2D eigenvalue weighted by Gasteiger charge is -2.22. The minimum Gasteiger partial charge on any atom is -0.482 e. The van der Waals surface area contributed by atoms with Gasteiger partial charge in [0, 0.05) is 0 Å². The summed E-state index contributed by atoms with van der Waals surface area (Å²) in [7, 11) is -4.13. The molecule has 1 N–H and O–H groups in total. The molecule has 37 heavy (non-hydrogen) atoms. The zero-order valence-electron chi connectivity index (χ0n) is 20.3. The summed E-state index contributed by atoms with van der Waals surface area (Å²) >= 11 is 5.58. The number of sulfonamides is 1. The van der Waals surface area contributed by atoms with Crippen molar-refractivity contribution in [2.75, 3.05) is 23.7 Å². The number of anilines is 1. The highest BCUT2D eigenvalue weighted by molar-refractivity contribution is 7.92. The number of carbonyl (C=O) groups excluding carboxylic acids is 2. The van der Waals surface area contributed by atoms with E-state index in [1.165, 1.54) is 6.21 Å². The average Bonchev–Trinajstić information content (AvgIpc) is 2.75. The van der Waals surface area contributed by atoms with Gasteiger partial charge in [0.05, 0.1) is 28.7 Å². The van der Waals surface area contributed by atoms with Crippen molar-refractivity contribution in [2.45, 2.75) is 32.5 Å². The van der Waals surface area contributed by atoms with Crippen LogP contribution < -0.4 is 14.5 Å². The third kappa shape index (κ3) is 9.92. The molecule has 0 saturated heterocycles. The minimum absolute atomic E-state index is 0.282. The van der Waals surface area contributed by atoms with Gasteiger partial charge in [0.1, 0.15) is 17.9 Å². The molecule has 0 aliphatic rings. The first kappa shape index (κ1) is 29.9. The van der Waals surface area contributed by atoms with Gasteiger partial charge in [0.2, 0.25) is 10.0 Å². The van der Waals surface area contributed by atoms with Gasteiger partial charge >= 0.3 is 12.1 Å². The van der Waals surface area contributed by atoms with Gasteiger partial charge in [-0.3, -0.25) is 9.10 Å². The molecule has 0 radical (unpaired) electrons. The standard InChI is InChI=1S/C23H25ClF3N3O6S/c1-22(2,3)36-21(32)14-35-17-8-5-15(6-9-17)12-28-29-20(31)13-30(37(4,33)34)16-7-10-19(24)18(11-16)23(25,26)27/h5-12H,13-14H2,1-4H3,(H,29,31)/b28-12-. The minimum atomic E-state index is -4.82. The van der Waals surface area contributed by atoms with E-state index in [1.54, 1.807) is 45.0 Å². The number of nitrogens with one attached hydrogen (secondary N) is 1. The molecule has 2 aromatic rings. The lowest BCUT2D eigenvalue weighted by Crippen LogP contribution is -2.39. The number of halogens is 4. The van der Waals surface area contributed by atoms with E-state index >= 15 is 0 Å². The van der Waals surface area contributed by atoms with Crippen LogP contribution in [0, 0.1) is 0 Å². The number of benzene rings is 2. The van der Waals surface area contributed by atoms with Crippen molar-refractivity contribution in [2.24, 2.45) is 5.10 Å². The largest absolute Gasteiger partial charge is 0.482 e. The Morgan fingerprint density at radius 3 is 2.27 bits per heavy atom. The van der Waals surface area contributed by atoms with Crippen LogP contribution in [0.1, 0.15) is 31.9 Å². The van der Waals surface area contributed by atoms with Gasteiger partial charge in [0.15, 0.2) is 6.61 Å². The van der Waals surface area contributed by atoms with Crippen LogP contribution in [-0.4, -0.2) is 51.5 Å². The van der Waals surface area contributed by atoms with E-state index in [-0.39, 0.29) is 12.3 Å². The quantitative estimate of drug-likeness (QED) is 0.280. The first-order chi connectivity index (χ1) is 17.0. The number of amides is 1. The molecule has 0 saturated carbocycles. The van der Waals surface area contributed by atoms with Crippen molar-refractivity contribution in [1.29, 1.82) is 0 Å². The summed E-state index contributed by atoms with van der Waals surface area (Å²) in [6, 6.07) is 8.77. The van der Waals surface area contributed by atoms with Gasteiger partial charge in [-0.1, -0.05) is 11.6 Å². The van der Waals surface area contributed by atoms with Gasteiger partial charge in [-0.25, -0.2) is 18.6 Å². The number of nitrogens with zero attached hydrogens (tertiary/aromatic N) is 2. The highest BCUT2D eigenvalue weighted by atomic mass is 35.5. The predicted molar refractivity (Wildman–Crippen MR) is 132 cm³/mol. The monoisotopic (exact) mass is 563 g/mol. The van der Waals surface area contributed by atoms with Crippen LogP contribution in [0.4, 0.5) is 18.9 Å². The number of hydrogen-bond acceptors (Lipinski definition) is 7. The highest BCUT2D eigenvalue weighted by Gasteiger charge is 2.34. The number of rotatable bonds is 9. The molecule has 0 unspecified atom stereocenters. The second-order valence-corrected chi connectivity index (χ2v) is 11.0. The van der Waals surface area contributed by atoms with Crippen molar-refractivity contribution in [3.05, 3.63) is 58.6 Å². The van der Waals surface area contributed by atoms with Crippen LogP contribution in [0.25, 0.3) is 0 Å². The maximum absolute atomic E-state index is 13.2. The molecule has 202 valence electrons. The van der Waals surface area contributed by atoms with Gasteiger partial charge in [-0.15, -0.1) is 0 Å². The summed E-state index contributed by atoms with van der Waals surface area (Å²) < 4.78 is 74.8. The van der Waals surface area contributed by atoms with Gasteiger partial charge in [-0.05, 0) is 68.8 Å². The van der Waals surface area contributed by atoms with Crippen molar-refractivity contribution in [3.8, 4) is 5.75 Å². The number of esters is 1. The molecule has 0 fully saturated rings. The van der Waals surface area contributed by atoms with Crippen molar-refractivity contribution in [1.82, 2.24) is 5.43 Å². The molecule has 0 heterocycles. The first-order valence-corrected chi connectivity index (χ1v) is 12.8. The SMILES string of the molecule is CC(C)(C)OC(=O)COc1ccc(/C=N\NC(=O)CN(c2ccc(Cl)c(C(F)(F)F)c2)S(C)(=O)=O)cc1. The lowest BCUT2D eigenvalue weighted by atomic mass is 10.2. The highest BCUT2D eigenvalue weighted by Crippen LogP contribution is 2.37. The van der Waals surface area contributed by atoms with E-state index < -0.39 is 50.8 Å². The zero-order valence-corrected chi connectivity index (χ0v) is 21.9. The van der Waals surface area contributed by atoms with Crippen LogP contribution in [0.3, 0.4) is 0 Å². The lowest BCUT2D eigenvalue weighted by molar-refractivity contribution is -0.157. The Morgan fingerprint density at radius 2 is 1.73 bits per heavy atom. The van der Waals surface area contributed by atoms with Gasteiger partial charge in [0.25, 0.3) is 5.91 Å². The fraction of sp³-hybridized carbons (Fsp3) is 0.348. The molecule has 0 aliphatic heterocycles. The maximum Gasteiger partial charge on any atom is 0.417 e. The fourth-order valence-corrected chi connectivity index (χ4v) is 3.87. The Hall–Kier alpha value is -3.32. The average molecular weight is 564 g/mol. The second-order valence-electron chi connectivity index (χ2n) is 8.67. The summed E-state index contributed by atoms with van der Waals surface area (Å²) in [5.41, 5.74) is 0.383. The molecule has 2 aromatic carbocycles. The molecule has 14 heteroatoms. The molecular weight excluding hydrogens is 539 g/mol. The normalized spacial score (nSPS) is 12.3. The summed E-state index contributed by atoms with van der Waals surface area (Å²) in [6.07, 6.45) is -2.82. The van der Waals surface area contributed by atoms with E-state index in [0.717, 1.165) is 18.4 Å². The molecule has 9 nitrogen and oxygen atoms in total. The Balaban J connectivity index is 2.01. The van der Waals surface area contributed by atoms with Crippen LogP contribution >= 0.6 is 11.6 Å². The van der Waals surface area contributed by atoms with Crippen LogP contribution in [-0.2, 0) is 30.5 Å². The third-order valence-corrected chi connectivity index (χ3v) is 5.76. The molecule has 0 aromatic heterocycles. The van der Waals surface area contributed by atoms with E-state index in [4.69, 9.17) is 21.1 Å². The smallest absolute Gasteiger partial charge is 0.417 e. The summed E-state index contributed by atoms with van der Waals surface area (Å²) in [5.74, 6) is -1.04. The first-order valence-electron chi connectivity index (χ1n) is 10.6. The molecule has 1 amide bonds. The van der Waals surface area contributed by atoms with E-state index in [1.807, 2.05) is 0 Å². The summed E-state index contributed by atoms with van der Waals surface area (Å²) in [4.78, 5) is 24.0. The molecule has 2 rings (SSSR count). The van der Waals surface area contributed by atoms with Crippen LogP contribution in [0.5, 0.6) is 5.75 Å². The zero-order chi connectivity index (χ0) is 28.0. The molecule has 0 atom stereocenters. The summed E-state index contributed by atoms with van der Waals surface area (Å²) in [5, 5.41) is 3.11. The fourth-order valence-electron chi connectivity index (χ4n) is 2.79. The topological polar surface area (TPSA) is 114 Å². The van der Waals surface area contributed by atoms with Crippen LogP contribution in [0.15, 0.2) is 47.6 Å². The molecule has 0 bridgehead atoms. The maximum atomic E-state index is 13.2. The Bertz CT molecular complexity index is 1260. The molecule has 0 spiro atoms. The Kier molecular flexibility index (Phi) is 9.55. The number of hydrazone groups is 1. The van der Waals surface area contributed by atoms with E-state index in [0.29, 0.717) is 21.7 Å². The van der Waals surface area contributed by atoms with Crippen LogP contribution in [0.2, 0.25) is 5.02 Å². The van der Waals surface area contributed by atoms with Crippen molar-refractivity contribution >= 4 is 45.4 Å². The number of ether oxygens (including phenoxy) is 2. The molecule has 0 aliphatic carbocycles. The van der Waals surface area contributed by atoms with Crippen molar-refractivity contribution < 1.29 is 40.7 Å². The van der Waals surface area contributed by atoms with Crippen molar-refractivity contribution in [3.63, 3.8) is 0 Å². The Morgan fingerprint density at radius 1 is 1.11 bits per heavy atom. The van der Waals surface area contributed by atoms with Gasteiger partial charge < -0.3 is 9.47 Å². The van der Waals surface area contributed by atoms with E-state index in [2.05, 4.69) is 10.5 Å². The number of hydrogen-bond donors (Lipinski definition) is 1. The Labute approximate surface area is 217 Å². The predicted octanol–water partition coefficient (Wildman–Crippen LogP) is 4.00. The third-order valence-electron chi connectivity index (χ3n) is 4.29. The van der Waals surface area contributed by atoms with Gasteiger partial charge in [-0.2, -0.15) is 18.3 Å².